The predicted octanol–water partition coefficient (Wildman–Crippen LogP) is 1.26. The monoisotopic (exact) mass is 255 g/mol. The molecule has 0 aromatic carbocycles. The third-order valence-electron chi connectivity index (χ3n) is 2.97. The Hall–Kier alpha value is -0.490. The van der Waals surface area contributed by atoms with E-state index >= 15 is 0 Å². The first-order valence-electron chi connectivity index (χ1n) is 6.20. The van der Waals surface area contributed by atoms with Gasteiger partial charge in [-0.15, -0.1) is 11.3 Å². The zero-order chi connectivity index (χ0) is 12.1. The average Bonchev–Trinajstić information content (AvgIpc) is 3.08. The number of aromatic nitrogens is 1. The molecule has 0 radical (unpaired) electrons. The summed E-state index contributed by atoms with van der Waals surface area (Å²) in [6.07, 6.45) is 3.54. The predicted molar refractivity (Wildman–Crippen MR) is 70.2 cm³/mol. The van der Waals surface area contributed by atoms with Crippen molar-refractivity contribution < 1.29 is 4.74 Å². The Balaban J connectivity index is 1.87. The van der Waals surface area contributed by atoms with Gasteiger partial charge in [-0.05, 0) is 19.4 Å². The number of hydrogen-bond donors (Lipinski definition) is 1. The van der Waals surface area contributed by atoms with Crippen LogP contribution < -0.4 is 5.73 Å². The summed E-state index contributed by atoms with van der Waals surface area (Å²) in [6, 6.07) is 0.754. The number of thiazole rings is 1. The first-order valence-corrected chi connectivity index (χ1v) is 7.07. The van der Waals surface area contributed by atoms with Crippen molar-refractivity contribution in [2.24, 2.45) is 5.73 Å². The molecule has 0 saturated heterocycles. The molecule has 1 aliphatic rings. The molecule has 4 nitrogen and oxygen atoms in total. The Kier molecular flexibility index (Phi) is 4.91. The Morgan fingerprint density at radius 2 is 2.41 bits per heavy atom. The third-order valence-corrected chi connectivity index (χ3v) is 3.93. The molecule has 1 aromatic heterocycles. The maximum Gasteiger partial charge on any atom is 0.0941 e. The molecule has 1 saturated carbocycles. The molecule has 0 bridgehead atoms. The van der Waals surface area contributed by atoms with Crippen LogP contribution in [0.2, 0.25) is 0 Å². The van der Waals surface area contributed by atoms with Crippen molar-refractivity contribution in [3.8, 4) is 0 Å². The first kappa shape index (κ1) is 13.0. The molecule has 96 valence electrons. The van der Waals surface area contributed by atoms with Gasteiger partial charge in [0, 0.05) is 38.0 Å². The Labute approximate surface area is 107 Å². The molecule has 0 amide bonds. The zero-order valence-electron chi connectivity index (χ0n) is 10.4. The summed E-state index contributed by atoms with van der Waals surface area (Å²) in [5.41, 5.74) is 6.72. The first-order chi connectivity index (χ1) is 8.33. The van der Waals surface area contributed by atoms with Gasteiger partial charge >= 0.3 is 0 Å². The van der Waals surface area contributed by atoms with E-state index in [4.69, 9.17) is 10.5 Å². The fraction of sp³-hybridized carbons (Fsp3) is 0.750. The number of methoxy groups -OCH3 is 1. The lowest BCUT2D eigenvalue weighted by molar-refractivity contribution is 0.139. The van der Waals surface area contributed by atoms with Crippen LogP contribution in [0.25, 0.3) is 0 Å². The van der Waals surface area contributed by atoms with Crippen LogP contribution >= 0.6 is 11.3 Å². The largest absolute Gasteiger partial charge is 0.383 e. The molecule has 1 heterocycles. The lowest BCUT2D eigenvalue weighted by Gasteiger charge is -2.20. The molecule has 2 N–H and O–H groups in total. The van der Waals surface area contributed by atoms with Crippen LogP contribution in [0.3, 0.4) is 0 Å². The number of nitrogens with zero attached hydrogens (tertiary/aromatic N) is 2. The molecule has 1 aliphatic carbocycles. The highest BCUT2D eigenvalue weighted by Crippen LogP contribution is 2.28. The highest BCUT2D eigenvalue weighted by atomic mass is 32.1. The smallest absolute Gasteiger partial charge is 0.0941 e. The lowest BCUT2D eigenvalue weighted by Crippen LogP contribution is -2.29. The molecule has 2 rings (SSSR count). The zero-order valence-corrected chi connectivity index (χ0v) is 11.2. The van der Waals surface area contributed by atoms with Gasteiger partial charge in [0.05, 0.1) is 17.3 Å². The highest BCUT2D eigenvalue weighted by Gasteiger charge is 2.28. The van der Waals surface area contributed by atoms with Crippen LogP contribution in [0.5, 0.6) is 0 Å². The SMILES string of the molecule is COCCN(Cc1csc(CCN)n1)C1CC1. The van der Waals surface area contributed by atoms with Gasteiger partial charge in [-0.1, -0.05) is 0 Å². The van der Waals surface area contributed by atoms with E-state index in [9.17, 15) is 0 Å². The summed E-state index contributed by atoms with van der Waals surface area (Å²) in [5, 5.41) is 3.32. The quantitative estimate of drug-likeness (QED) is 0.759. The molecule has 1 aromatic rings. The molecule has 1 fully saturated rings. The second kappa shape index (κ2) is 6.44. The van der Waals surface area contributed by atoms with Crippen molar-refractivity contribution in [2.45, 2.75) is 31.8 Å². The summed E-state index contributed by atoms with van der Waals surface area (Å²) >= 11 is 1.72. The van der Waals surface area contributed by atoms with Gasteiger partial charge in [0.1, 0.15) is 0 Å². The van der Waals surface area contributed by atoms with E-state index in [1.165, 1.54) is 18.5 Å². The lowest BCUT2D eigenvalue weighted by atomic mass is 10.4. The van der Waals surface area contributed by atoms with Crippen LogP contribution in [-0.4, -0.2) is 42.7 Å². The molecule has 0 spiro atoms. The van der Waals surface area contributed by atoms with Gasteiger partial charge in [0.2, 0.25) is 0 Å². The van der Waals surface area contributed by atoms with Gasteiger partial charge in [-0.3, -0.25) is 4.90 Å². The Bertz CT molecular complexity index is 338. The molecular weight excluding hydrogens is 234 g/mol. The van der Waals surface area contributed by atoms with Crippen LogP contribution in [0.1, 0.15) is 23.5 Å². The van der Waals surface area contributed by atoms with Crippen molar-refractivity contribution in [1.29, 1.82) is 0 Å². The molecule has 0 aliphatic heterocycles. The summed E-state index contributed by atoms with van der Waals surface area (Å²) in [7, 11) is 1.76. The van der Waals surface area contributed by atoms with Crippen molar-refractivity contribution in [1.82, 2.24) is 9.88 Å². The summed E-state index contributed by atoms with van der Waals surface area (Å²) < 4.78 is 5.16. The standard InChI is InChI=1S/C12H21N3OS/c1-16-7-6-15(11-2-3-11)8-10-9-17-12(14-10)4-5-13/h9,11H,2-8,13H2,1H3. The Morgan fingerprint density at radius 1 is 1.59 bits per heavy atom. The van der Waals surface area contributed by atoms with E-state index in [-0.39, 0.29) is 0 Å². The van der Waals surface area contributed by atoms with E-state index in [0.717, 1.165) is 37.2 Å². The second-order valence-corrected chi connectivity index (χ2v) is 5.41. The summed E-state index contributed by atoms with van der Waals surface area (Å²) in [5.74, 6) is 0. The second-order valence-electron chi connectivity index (χ2n) is 4.47. The number of nitrogens with two attached hydrogens (primary N) is 1. The highest BCUT2D eigenvalue weighted by molar-refractivity contribution is 7.09. The van der Waals surface area contributed by atoms with E-state index in [2.05, 4.69) is 15.3 Å². The fourth-order valence-corrected chi connectivity index (χ4v) is 2.71. The van der Waals surface area contributed by atoms with Gasteiger partial charge < -0.3 is 10.5 Å². The number of ether oxygens (including phenoxy) is 1. The van der Waals surface area contributed by atoms with Gasteiger partial charge in [-0.2, -0.15) is 0 Å². The van der Waals surface area contributed by atoms with E-state index < -0.39 is 0 Å². The van der Waals surface area contributed by atoms with Crippen LogP contribution in [0.15, 0.2) is 5.38 Å². The van der Waals surface area contributed by atoms with Crippen molar-refractivity contribution in [3.63, 3.8) is 0 Å². The molecule has 0 atom stereocenters. The van der Waals surface area contributed by atoms with Crippen molar-refractivity contribution >= 4 is 11.3 Å². The van der Waals surface area contributed by atoms with Gasteiger partial charge in [0.15, 0.2) is 0 Å². The van der Waals surface area contributed by atoms with E-state index in [1.54, 1.807) is 18.4 Å². The number of hydrogen-bond acceptors (Lipinski definition) is 5. The van der Waals surface area contributed by atoms with Crippen molar-refractivity contribution in [2.75, 3.05) is 26.8 Å². The molecule has 5 heteroatoms. The minimum absolute atomic E-state index is 0.683. The normalized spacial score (nSPS) is 15.7. The minimum atomic E-state index is 0.683. The molecular formula is C12H21N3OS. The van der Waals surface area contributed by atoms with Gasteiger partial charge in [-0.25, -0.2) is 4.98 Å². The van der Waals surface area contributed by atoms with Crippen molar-refractivity contribution in [3.05, 3.63) is 16.1 Å². The fourth-order valence-electron chi connectivity index (χ4n) is 1.91. The Morgan fingerprint density at radius 3 is 3.06 bits per heavy atom. The average molecular weight is 255 g/mol. The topological polar surface area (TPSA) is 51.4 Å². The summed E-state index contributed by atoms with van der Waals surface area (Å²) in [6.45, 7) is 3.44. The third kappa shape index (κ3) is 4.03. The van der Waals surface area contributed by atoms with E-state index in [0.29, 0.717) is 6.54 Å². The van der Waals surface area contributed by atoms with Crippen LogP contribution in [-0.2, 0) is 17.7 Å². The molecule has 0 unspecified atom stereocenters. The minimum Gasteiger partial charge on any atom is -0.383 e. The maximum atomic E-state index is 5.53. The number of rotatable bonds is 8. The van der Waals surface area contributed by atoms with Gasteiger partial charge in [0.25, 0.3) is 0 Å². The summed E-state index contributed by atoms with van der Waals surface area (Å²) in [4.78, 5) is 7.09. The van der Waals surface area contributed by atoms with Crippen LogP contribution in [0.4, 0.5) is 0 Å². The molecule has 17 heavy (non-hydrogen) atoms. The maximum absolute atomic E-state index is 5.53. The van der Waals surface area contributed by atoms with Crippen LogP contribution in [0, 0.1) is 0 Å². The van der Waals surface area contributed by atoms with E-state index in [1.807, 2.05) is 0 Å².